The molecular weight excluding hydrogens is 405 g/mol. The molecule has 1 saturated carbocycles. The summed E-state index contributed by atoms with van der Waals surface area (Å²) >= 11 is 5.83. The average molecular weight is 422 g/mol. The van der Waals surface area contributed by atoms with Gasteiger partial charge in [0.1, 0.15) is 0 Å². The highest BCUT2D eigenvalue weighted by Crippen LogP contribution is 2.38. The molecule has 1 aliphatic carbocycles. The Morgan fingerprint density at radius 1 is 1.39 bits per heavy atom. The molecule has 0 bridgehead atoms. The maximum Gasteiger partial charge on any atom is 0.251 e. The molecule has 2 nitrogen and oxygen atoms in total. The summed E-state index contributed by atoms with van der Waals surface area (Å²) in [5, 5.41) is 4.07. The number of alkyl halides is 1. The standard InChI is InChI=1S/C14H17BrINO/c15-9-14(6-1-2-7-14)10-17-13(18)11-4-3-5-12(16)8-11/h3-5,8H,1-2,6-7,9-10H2,(H,17,18). The third kappa shape index (κ3) is 3.47. The maximum atomic E-state index is 12.1. The third-order valence-electron chi connectivity index (χ3n) is 3.66. The minimum atomic E-state index is 0.0424. The van der Waals surface area contributed by atoms with Crippen molar-refractivity contribution in [3.8, 4) is 0 Å². The summed E-state index contributed by atoms with van der Waals surface area (Å²) in [6.07, 6.45) is 4.99. The molecule has 1 N–H and O–H groups in total. The van der Waals surface area contributed by atoms with Crippen LogP contribution in [-0.4, -0.2) is 17.8 Å². The highest BCUT2D eigenvalue weighted by molar-refractivity contribution is 14.1. The zero-order valence-electron chi connectivity index (χ0n) is 10.2. The van der Waals surface area contributed by atoms with Crippen LogP contribution in [0.2, 0.25) is 0 Å². The number of benzene rings is 1. The van der Waals surface area contributed by atoms with Crippen LogP contribution < -0.4 is 5.32 Å². The van der Waals surface area contributed by atoms with E-state index in [0.717, 1.165) is 21.0 Å². The Hall–Kier alpha value is -0.100. The van der Waals surface area contributed by atoms with Gasteiger partial charge in [0.2, 0.25) is 0 Å². The lowest BCUT2D eigenvalue weighted by atomic mass is 9.89. The Kier molecular flexibility index (Phi) is 5.06. The molecule has 1 amide bonds. The second-order valence-electron chi connectivity index (χ2n) is 5.03. The minimum Gasteiger partial charge on any atom is -0.351 e. The molecule has 98 valence electrons. The van der Waals surface area contributed by atoms with Crippen LogP contribution in [0.25, 0.3) is 0 Å². The lowest BCUT2D eigenvalue weighted by Gasteiger charge is -2.26. The quantitative estimate of drug-likeness (QED) is 0.578. The van der Waals surface area contributed by atoms with Gasteiger partial charge >= 0.3 is 0 Å². The van der Waals surface area contributed by atoms with Gasteiger partial charge in [-0.3, -0.25) is 4.79 Å². The molecule has 2 rings (SSSR count). The van der Waals surface area contributed by atoms with Crippen molar-refractivity contribution in [2.75, 3.05) is 11.9 Å². The Morgan fingerprint density at radius 2 is 2.11 bits per heavy atom. The second-order valence-corrected chi connectivity index (χ2v) is 6.84. The lowest BCUT2D eigenvalue weighted by molar-refractivity contribution is 0.0935. The predicted molar refractivity (Wildman–Crippen MR) is 86.2 cm³/mol. The maximum absolute atomic E-state index is 12.1. The summed E-state index contributed by atoms with van der Waals surface area (Å²) in [5.74, 6) is 0.0424. The Bertz CT molecular complexity index is 430. The van der Waals surface area contributed by atoms with E-state index in [-0.39, 0.29) is 11.3 Å². The van der Waals surface area contributed by atoms with E-state index >= 15 is 0 Å². The van der Waals surface area contributed by atoms with Crippen molar-refractivity contribution < 1.29 is 4.79 Å². The van der Waals surface area contributed by atoms with Crippen molar-refractivity contribution in [1.29, 1.82) is 0 Å². The molecule has 0 aromatic heterocycles. The highest BCUT2D eigenvalue weighted by Gasteiger charge is 2.33. The van der Waals surface area contributed by atoms with E-state index in [9.17, 15) is 4.79 Å². The zero-order valence-corrected chi connectivity index (χ0v) is 14.0. The molecule has 0 heterocycles. The van der Waals surface area contributed by atoms with Crippen molar-refractivity contribution in [3.05, 3.63) is 33.4 Å². The van der Waals surface area contributed by atoms with Gasteiger partial charge in [-0.05, 0) is 59.0 Å². The van der Waals surface area contributed by atoms with Crippen LogP contribution in [-0.2, 0) is 0 Å². The molecule has 0 unspecified atom stereocenters. The van der Waals surface area contributed by atoms with Crippen LogP contribution in [0.3, 0.4) is 0 Å². The Morgan fingerprint density at radius 3 is 2.72 bits per heavy atom. The normalized spacial score (nSPS) is 17.7. The molecule has 1 fully saturated rings. The summed E-state index contributed by atoms with van der Waals surface area (Å²) in [4.78, 5) is 12.1. The molecule has 1 aromatic carbocycles. The highest BCUT2D eigenvalue weighted by atomic mass is 127. The number of nitrogens with one attached hydrogen (secondary N) is 1. The molecule has 18 heavy (non-hydrogen) atoms. The smallest absolute Gasteiger partial charge is 0.251 e. The molecule has 0 radical (unpaired) electrons. The number of hydrogen-bond acceptors (Lipinski definition) is 1. The van der Waals surface area contributed by atoms with Crippen LogP contribution in [0.4, 0.5) is 0 Å². The van der Waals surface area contributed by atoms with Crippen LogP contribution in [0.15, 0.2) is 24.3 Å². The summed E-state index contributed by atoms with van der Waals surface area (Å²) in [6, 6.07) is 7.71. The Labute approximate surface area is 130 Å². The van der Waals surface area contributed by atoms with E-state index in [1.54, 1.807) is 0 Å². The predicted octanol–water partition coefficient (Wildman–Crippen LogP) is 3.98. The van der Waals surface area contributed by atoms with E-state index in [2.05, 4.69) is 43.8 Å². The lowest BCUT2D eigenvalue weighted by Crippen LogP contribution is -2.37. The number of hydrogen-bond donors (Lipinski definition) is 1. The molecular formula is C14H17BrINO. The molecule has 0 spiro atoms. The Balaban J connectivity index is 1.96. The first kappa shape index (κ1) is 14.3. The minimum absolute atomic E-state index is 0.0424. The van der Waals surface area contributed by atoms with Gasteiger partial charge in [0.25, 0.3) is 5.91 Å². The van der Waals surface area contributed by atoms with Crippen LogP contribution in [0, 0.1) is 8.99 Å². The number of rotatable bonds is 4. The van der Waals surface area contributed by atoms with Gasteiger partial charge < -0.3 is 5.32 Å². The van der Waals surface area contributed by atoms with Crippen LogP contribution in [0.1, 0.15) is 36.0 Å². The van der Waals surface area contributed by atoms with E-state index in [1.165, 1.54) is 25.7 Å². The molecule has 0 atom stereocenters. The van der Waals surface area contributed by atoms with Crippen LogP contribution in [0.5, 0.6) is 0 Å². The van der Waals surface area contributed by atoms with Gasteiger partial charge in [0.15, 0.2) is 0 Å². The van der Waals surface area contributed by atoms with Crippen molar-refractivity contribution in [2.45, 2.75) is 25.7 Å². The SMILES string of the molecule is O=C(NCC1(CBr)CCCC1)c1cccc(I)c1. The average Bonchev–Trinajstić information content (AvgIpc) is 2.85. The van der Waals surface area contributed by atoms with Crippen LogP contribution >= 0.6 is 38.5 Å². The van der Waals surface area contributed by atoms with Gasteiger partial charge in [-0.2, -0.15) is 0 Å². The summed E-state index contributed by atoms with van der Waals surface area (Å²) < 4.78 is 1.09. The zero-order chi connectivity index (χ0) is 13.0. The number of carbonyl (C=O) groups excluding carboxylic acids is 1. The van der Waals surface area contributed by atoms with Gasteiger partial charge in [-0.15, -0.1) is 0 Å². The fourth-order valence-corrected chi connectivity index (χ4v) is 3.78. The van der Waals surface area contributed by atoms with Crippen molar-refractivity contribution in [1.82, 2.24) is 5.32 Å². The van der Waals surface area contributed by atoms with Gasteiger partial charge in [0, 0.05) is 21.0 Å². The monoisotopic (exact) mass is 421 g/mol. The molecule has 4 heteroatoms. The summed E-state index contributed by atoms with van der Waals surface area (Å²) in [5.41, 5.74) is 1.03. The first-order chi connectivity index (χ1) is 8.65. The summed E-state index contributed by atoms with van der Waals surface area (Å²) in [7, 11) is 0. The number of carbonyl (C=O) groups is 1. The summed E-state index contributed by atoms with van der Waals surface area (Å²) in [6.45, 7) is 0.780. The number of halogens is 2. The van der Waals surface area contributed by atoms with E-state index in [0.29, 0.717) is 0 Å². The topological polar surface area (TPSA) is 29.1 Å². The van der Waals surface area contributed by atoms with Crippen molar-refractivity contribution >= 4 is 44.4 Å². The van der Waals surface area contributed by atoms with E-state index < -0.39 is 0 Å². The first-order valence-corrected chi connectivity index (χ1v) is 8.45. The van der Waals surface area contributed by atoms with Crippen molar-refractivity contribution in [2.24, 2.45) is 5.41 Å². The molecule has 0 aliphatic heterocycles. The number of amides is 1. The molecule has 1 aliphatic rings. The van der Waals surface area contributed by atoms with E-state index in [4.69, 9.17) is 0 Å². The molecule has 1 aromatic rings. The van der Waals surface area contributed by atoms with Gasteiger partial charge in [-0.1, -0.05) is 34.8 Å². The van der Waals surface area contributed by atoms with Gasteiger partial charge in [0.05, 0.1) is 0 Å². The third-order valence-corrected chi connectivity index (χ3v) is 5.52. The second kappa shape index (κ2) is 6.37. The largest absolute Gasteiger partial charge is 0.351 e. The molecule has 0 saturated heterocycles. The van der Waals surface area contributed by atoms with E-state index in [1.807, 2.05) is 24.3 Å². The van der Waals surface area contributed by atoms with Gasteiger partial charge in [-0.25, -0.2) is 0 Å². The fraction of sp³-hybridized carbons (Fsp3) is 0.500. The van der Waals surface area contributed by atoms with Crippen molar-refractivity contribution in [3.63, 3.8) is 0 Å². The first-order valence-electron chi connectivity index (χ1n) is 6.25. The fourth-order valence-electron chi connectivity index (χ4n) is 2.48.